The van der Waals surface area contributed by atoms with Gasteiger partial charge in [-0.1, -0.05) is 12.1 Å². The van der Waals surface area contributed by atoms with Crippen molar-refractivity contribution in [3.63, 3.8) is 0 Å². The van der Waals surface area contributed by atoms with Crippen LogP contribution in [0.1, 0.15) is 22.9 Å². The molecule has 0 fully saturated rings. The van der Waals surface area contributed by atoms with E-state index in [-0.39, 0.29) is 5.69 Å². The van der Waals surface area contributed by atoms with Gasteiger partial charge in [-0.2, -0.15) is 5.26 Å². The first-order valence-electron chi connectivity index (χ1n) is 8.89. The second-order valence-corrected chi connectivity index (χ2v) is 7.01. The molecule has 6 nitrogen and oxygen atoms in total. The minimum atomic E-state index is -0.469. The summed E-state index contributed by atoms with van der Waals surface area (Å²) in [6.07, 6.45) is 1.72. The molecule has 0 aliphatic heterocycles. The van der Waals surface area contributed by atoms with Crippen LogP contribution >= 0.6 is 11.3 Å². The first kappa shape index (κ1) is 20.1. The number of nitrogens with zero attached hydrogens (tertiary/aromatic N) is 2. The number of allylic oxidation sites excluding steroid dienone is 1. The number of nitro benzene ring substituents is 1. The molecular formula is C22H18N2O4S. The largest absolute Gasteiger partial charge is 0.490 e. The lowest BCUT2D eigenvalue weighted by Gasteiger charge is -2.12. The Hall–Kier alpha value is -3.63. The molecule has 0 aliphatic rings. The van der Waals surface area contributed by atoms with Gasteiger partial charge in [-0.15, -0.1) is 11.3 Å². The summed E-state index contributed by atoms with van der Waals surface area (Å²) in [5.41, 5.74) is 1.76. The van der Waals surface area contributed by atoms with Crippen LogP contribution < -0.4 is 9.47 Å². The molecular weight excluding hydrogens is 388 g/mol. The fourth-order valence-electron chi connectivity index (χ4n) is 2.66. The van der Waals surface area contributed by atoms with Crippen LogP contribution in [0.2, 0.25) is 0 Å². The molecule has 0 radical (unpaired) electrons. The molecule has 0 spiro atoms. The number of rotatable bonds is 8. The van der Waals surface area contributed by atoms with Gasteiger partial charge in [0.2, 0.25) is 0 Å². The number of thiophene rings is 1. The van der Waals surface area contributed by atoms with E-state index in [2.05, 4.69) is 6.07 Å². The molecule has 29 heavy (non-hydrogen) atoms. The standard InChI is InChI=1S/C22H18N2O4S/c1-2-27-22-13-16(5-10-21(22)28-15-20-4-3-11-29-20)12-18(14-23)17-6-8-19(9-7-17)24(25)26/h3-13H,2,15H2,1H3/b18-12+. The Balaban J connectivity index is 1.85. The summed E-state index contributed by atoms with van der Waals surface area (Å²) >= 11 is 1.62. The third kappa shape index (κ3) is 5.21. The Labute approximate surface area is 172 Å². The van der Waals surface area contributed by atoms with Gasteiger partial charge in [0.05, 0.1) is 23.2 Å². The number of ether oxygens (including phenoxy) is 2. The second kappa shape index (κ2) is 9.53. The van der Waals surface area contributed by atoms with E-state index in [0.717, 1.165) is 10.4 Å². The summed E-state index contributed by atoms with van der Waals surface area (Å²) in [4.78, 5) is 11.4. The number of hydrogen-bond acceptors (Lipinski definition) is 6. The maximum atomic E-state index is 10.8. The van der Waals surface area contributed by atoms with Gasteiger partial charge in [0, 0.05) is 17.0 Å². The van der Waals surface area contributed by atoms with Crippen LogP contribution in [0.15, 0.2) is 60.0 Å². The first-order chi connectivity index (χ1) is 14.1. The van der Waals surface area contributed by atoms with E-state index < -0.39 is 4.92 Å². The lowest BCUT2D eigenvalue weighted by molar-refractivity contribution is -0.384. The molecule has 2 aromatic carbocycles. The SMILES string of the molecule is CCOc1cc(/C=C(\C#N)c2ccc([N+](=O)[O-])cc2)ccc1OCc1cccs1. The number of nitriles is 1. The quantitative estimate of drug-likeness (QED) is 0.207. The molecule has 3 aromatic rings. The zero-order valence-electron chi connectivity index (χ0n) is 15.7. The van der Waals surface area contributed by atoms with Gasteiger partial charge < -0.3 is 9.47 Å². The van der Waals surface area contributed by atoms with Crippen molar-refractivity contribution >= 4 is 28.7 Å². The van der Waals surface area contributed by atoms with Crippen LogP contribution in [0.4, 0.5) is 5.69 Å². The van der Waals surface area contributed by atoms with Crippen LogP contribution in [0, 0.1) is 21.4 Å². The van der Waals surface area contributed by atoms with Gasteiger partial charge in [-0.05, 0) is 59.8 Å². The minimum Gasteiger partial charge on any atom is -0.490 e. The van der Waals surface area contributed by atoms with Crippen molar-refractivity contribution < 1.29 is 14.4 Å². The van der Waals surface area contributed by atoms with Crippen molar-refractivity contribution in [2.75, 3.05) is 6.61 Å². The number of non-ortho nitro benzene ring substituents is 1. The fourth-order valence-corrected chi connectivity index (χ4v) is 3.27. The molecule has 146 valence electrons. The van der Waals surface area contributed by atoms with Crippen LogP contribution in [0.5, 0.6) is 11.5 Å². The Bertz CT molecular complexity index is 1050. The van der Waals surface area contributed by atoms with Crippen molar-refractivity contribution in [3.05, 3.63) is 86.1 Å². The van der Waals surface area contributed by atoms with E-state index in [1.165, 1.54) is 12.1 Å². The van der Waals surface area contributed by atoms with Crippen molar-refractivity contribution in [2.45, 2.75) is 13.5 Å². The second-order valence-electron chi connectivity index (χ2n) is 5.98. The van der Waals surface area contributed by atoms with Crippen molar-refractivity contribution in [1.82, 2.24) is 0 Å². The van der Waals surface area contributed by atoms with Crippen LogP contribution in [-0.4, -0.2) is 11.5 Å². The van der Waals surface area contributed by atoms with Crippen molar-refractivity contribution in [2.24, 2.45) is 0 Å². The number of nitro groups is 1. The molecule has 7 heteroatoms. The fraction of sp³-hybridized carbons (Fsp3) is 0.136. The molecule has 0 unspecified atom stereocenters. The van der Waals surface area contributed by atoms with Gasteiger partial charge in [0.15, 0.2) is 11.5 Å². The van der Waals surface area contributed by atoms with Crippen LogP contribution in [0.3, 0.4) is 0 Å². The molecule has 0 N–H and O–H groups in total. The summed E-state index contributed by atoms with van der Waals surface area (Å²) in [6, 6.07) is 17.5. The van der Waals surface area contributed by atoms with Gasteiger partial charge in [-0.3, -0.25) is 10.1 Å². The zero-order valence-corrected chi connectivity index (χ0v) is 16.5. The monoisotopic (exact) mass is 406 g/mol. The molecule has 3 rings (SSSR count). The van der Waals surface area contributed by atoms with E-state index in [9.17, 15) is 15.4 Å². The average Bonchev–Trinajstić information content (AvgIpc) is 3.25. The molecule has 1 heterocycles. The summed E-state index contributed by atoms with van der Waals surface area (Å²) in [7, 11) is 0. The maximum absolute atomic E-state index is 10.8. The molecule has 0 saturated heterocycles. The Kier molecular flexibility index (Phi) is 6.61. The molecule has 0 atom stereocenters. The first-order valence-corrected chi connectivity index (χ1v) is 9.77. The number of hydrogen-bond donors (Lipinski definition) is 0. The highest BCUT2D eigenvalue weighted by Crippen LogP contribution is 2.31. The summed E-state index contributed by atoms with van der Waals surface area (Å²) in [5.74, 6) is 1.23. The van der Waals surface area contributed by atoms with E-state index >= 15 is 0 Å². The predicted molar refractivity (Wildman–Crippen MR) is 113 cm³/mol. The predicted octanol–water partition coefficient (Wildman–Crippen LogP) is 5.70. The van der Waals surface area contributed by atoms with Gasteiger partial charge in [0.1, 0.15) is 6.61 Å². The maximum Gasteiger partial charge on any atom is 0.269 e. The van der Waals surface area contributed by atoms with Gasteiger partial charge >= 0.3 is 0 Å². The highest BCUT2D eigenvalue weighted by Gasteiger charge is 2.10. The van der Waals surface area contributed by atoms with Gasteiger partial charge in [0.25, 0.3) is 5.69 Å². The van der Waals surface area contributed by atoms with Crippen LogP contribution in [0.25, 0.3) is 11.6 Å². The third-order valence-electron chi connectivity index (χ3n) is 4.04. The molecule has 0 aliphatic carbocycles. The average molecular weight is 406 g/mol. The summed E-state index contributed by atoms with van der Waals surface area (Å²) in [6.45, 7) is 2.83. The molecule has 0 amide bonds. The van der Waals surface area contributed by atoms with Gasteiger partial charge in [-0.25, -0.2) is 0 Å². The smallest absolute Gasteiger partial charge is 0.269 e. The Morgan fingerprint density at radius 1 is 1.17 bits per heavy atom. The highest BCUT2D eigenvalue weighted by molar-refractivity contribution is 7.09. The van der Waals surface area contributed by atoms with E-state index in [1.807, 2.05) is 42.6 Å². The number of benzene rings is 2. The van der Waals surface area contributed by atoms with E-state index in [4.69, 9.17) is 9.47 Å². The third-order valence-corrected chi connectivity index (χ3v) is 4.89. The normalized spacial score (nSPS) is 11.0. The zero-order chi connectivity index (χ0) is 20.6. The molecule has 0 saturated carbocycles. The van der Waals surface area contributed by atoms with Crippen molar-refractivity contribution in [1.29, 1.82) is 5.26 Å². The van der Waals surface area contributed by atoms with E-state index in [0.29, 0.717) is 35.8 Å². The highest BCUT2D eigenvalue weighted by atomic mass is 32.1. The topological polar surface area (TPSA) is 85.4 Å². The Morgan fingerprint density at radius 2 is 1.97 bits per heavy atom. The summed E-state index contributed by atoms with van der Waals surface area (Å²) in [5, 5.41) is 22.3. The van der Waals surface area contributed by atoms with Crippen molar-refractivity contribution in [3.8, 4) is 17.6 Å². The lowest BCUT2D eigenvalue weighted by Crippen LogP contribution is -1.99. The lowest BCUT2D eigenvalue weighted by atomic mass is 10.0. The molecule has 0 bridgehead atoms. The van der Waals surface area contributed by atoms with E-state index in [1.54, 1.807) is 29.5 Å². The summed E-state index contributed by atoms with van der Waals surface area (Å²) < 4.78 is 11.6. The Morgan fingerprint density at radius 3 is 2.59 bits per heavy atom. The molecule has 1 aromatic heterocycles. The minimum absolute atomic E-state index is 0.0167. The van der Waals surface area contributed by atoms with Crippen LogP contribution in [-0.2, 0) is 6.61 Å².